The van der Waals surface area contributed by atoms with Crippen LogP contribution in [0.25, 0.3) is 0 Å². The molecule has 2 aliphatic carbocycles. The highest BCUT2D eigenvalue weighted by molar-refractivity contribution is 5.10. The van der Waals surface area contributed by atoms with Gasteiger partial charge in [-0.1, -0.05) is 33.6 Å². The minimum Gasteiger partial charge on any atom is -0.330 e. The zero-order valence-electron chi connectivity index (χ0n) is 9.16. The first kappa shape index (κ1) is 9.51. The van der Waals surface area contributed by atoms with E-state index in [-0.39, 0.29) is 0 Å². The van der Waals surface area contributed by atoms with E-state index in [1.807, 2.05) is 0 Å². The van der Waals surface area contributed by atoms with E-state index in [1.165, 1.54) is 12.8 Å². The summed E-state index contributed by atoms with van der Waals surface area (Å²) in [5, 5.41) is 0. The van der Waals surface area contributed by atoms with E-state index in [4.69, 9.17) is 5.73 Å². The molecule has 0 aromatic rings. The van der Waals surface area contributed by atoms with Crippen LogP contribution in [0.3, 0.4) is 0 Å². The molecule has 13 heavy (non-hydrogen) atoms. The Morgan fingerprint density at radius 2 is 1.54 bits per heavy atom. The molecule has 2 aliphatic rings. The van der Waals surface area contributed by atoms with Gasteiger partial charge < -0.3 is 5.73 Å². The monoisotopic (exact) mass is 181 g/mol. The molecule has 76 valence electrons. The average Bonchev–Trinajstić information content (AvgIpc) is 2.11. The van der Waals surface area contributed by atoms with Gasteiger partial charge in [0, 0.05) is 0 Å². The maximum Gasteiger partial charge on any atom is -0.00432 e. The lowest BCUT2D eigenvalue weighted by Gasteiger charge is -2.68. The van der Waals surface area contributed by atoms with Gasteiger partial charge in [0.15, 0.2) is 0 Å². The third-order valence-electron chi connectivity index (χ3n) is 4.97. The smallest absolute Gasteiger partial charge is 0.00432 e. The summed E-state index contributed by atoms with van der Waals surface area (Å²) >= 11 is 0. The van der Waals surface area contributed by atoms with Crippen LogP contribution < -0.4 is 5.73 Å². The molecule has 0 heterocycles. The second-order valence-corrected chi connectivity index (χ2v) is 5.06. The van der Waals surface area contributed by atoms with E-state index < -0.39 is 0 Å². The summed E-state index contributed by atoms with van der Waals surface area (Å²) in [7, 11) is 0. The Balaban J connectivity index is 2.02. The quantitative estimate of drug-likeness (QED) is 0.711. The van der Waals surface area contributed by atoms with Crippen molar-refractivity contribution in [1.29, 1.82) is 0 Å². The minimum absolute atomic E-state index is 0.871. The highest BCUT2D eigenvalue weighted by Gasteiger charge is 2.62. The van der Waals surface area contributed by atoms with Crippen LogP contribution in [0.1, 0.15) is 33.6 Å². The van der Waals surface area contributed by atoms with Gasteiger partial charge in [0.1, 0.15) is 0 Å². The van der Waals surface area contributed by atoms with Crippen molar-refractivity contribution < 1.29 is 0 Å². The second kappa shape index (κ2) is 3.27. The SMILES string of the molecule is CCC1C(CN)C2C(CC)C(C)C12. The molecule has 2 rings (SSSR count). The van der Waals surface area contributed by atoms with Gasteiger partial charge in [0.2, 0.25) is 0 Å². The largest absolute Gasteiger partial charge is 0.330 e. The number of fused-ring (bicyclic) bond motifs is 1. The summed E-state index contributed by atoms with van der Waals surface area (Å²) in [6, 6.07) is 0. The molecule has 0 bridgehead atoms. The van der Waals surface area contributed by atoms with Crippen LogP contribution in [-0.4, -0.2) is 6.54 Å². The van der Waals surface area contributed by atoms with Crippen molar-refractivity contribution in [3.8, 4) is 0 Å². The summed E-state index contributed by atoms with van der Waals surface area (Å²) in [5.41, 5.74) is 5.85. The van der Waals surface area contributed by atoms with Crippen molar-refractivity contribution in [2.45, 2.75) is 33.6 Å². The standard InChI is InChI=1S/C12H23N/c1-4-8-7(3)11-9(5-2)10(6-13)12(8)11/h7-12H,4-6,13H2,1-3H3. The fraction of sp³-hybridized carbons (Fsp3) is 1.00. The first-order valence-electron chi connectivity index (χ1n) is 5.96. The molecule has 6 unspecified atom stereocenters. The second-order valence-electron chi connectivity index (χ2n) is 5.06. The van der Waals surface area contributed by atoms with Gasteiger partial charge in [0.25, 0.3) is 0 Å². The zero-order chi connectivity index (χ0) is 9.59. The maximum absolute atomic E-state index is 5.85. The Morgan fingerprint density at radius 3 is 2.00 bits per heavy atom. The predicted octanol–water partition coefficient (Wildman–Crippen LogP) is 2.51. The van der Waals surface area contributed by atoms with Gasteiger partial charge in [0.05, 0.1) is 0 Å². The third-order valence-corrected chi connectivity index (χ3v) is 4.97. The molecule has 0 aromatic carbocycles. The molecule has 2 fully saturated rings. The Labute approximate surface area is 82.1 Å². The van der Waals surface area contributed by atoms with Crippen LogP contribution in [0, 0.1) is 35.5 Å². The first-order chi connectivity index (χ1) is 6.26. The summed E-state index contributed by atoms with van der Waals surface area (Å²) in [6.45, 7) is 8.05. The summed E-state index contributed by atoms with van der Waals surface area (Å²) < 4.78 is 0. The minimum atomic E-state index is 0.871. The van der Waals surface area contributed by atoms with Crippen LogP contribution in [0.2, 0.25) is 0 Å². The van der Waals surface area contributed by atoms with Crippen molar-refractivity contribution in [3.63, 3.8) is 0 Å². The van der Waals surface area contributed by atoms with Gasteiger partial charge in [-0.2, -0.15) is 0 Å². The number of hydrogen-bond acceptors (Lipinski definition) is 1. The molecular weight excluding hydrogens is 158 g/mol. The van der Waals surface area contributed by atoms with E-state index in [0.717, 1.165) is 42.1 Å². The topological polar surface area (TPSA) is 26.0 Å². The van der Waals surface area contributed by atoms with Crippen LogP contribution in [0.4, 0.5) is 0 Å². The lowest BCUT2D eigenvalue weighted by Crippen LogP contribution is -2.65. The molecular formula is C12H23N. The number of rotatable bonds is 3. The summed E-state index contributed by atoms with van der Waals surface area (Å²) in [6.07, 6.45) is 2.72. The van der Waals surface area contributed by atoms with E-state index in [1.54, 1.807) is 0 Å². The zero-order valence-corrected chi connectivity index (χ0v) is 9.16. The molecule has 0 saturated heterocycles. The van der Waals surface area contributed by atoms with Crippen molar-refractivity contribution in [2.75, 3.05) is 6.54 Å². The van der Waals surface area contributed by atoms with Crippen molar-refractivity contribution in [3.05, 3.63) is 0 Å². The fourth-order valence-corrected chi connectivity index (χ4v) is 4.38. The Morgan fingerprint density at radius 1 is 0.923 bits per heavy atom. The number of hydrogen-bond donors (Lipinski definition) is 1. The van der Waals surface area contributed by atoms with E-state index >= 15 is 0 Å². The molecule has 2 saturated carbocycles. The van der Waals surface area contributed by atoms with Gasteiger partial charge in [-0.25, -0.2) is 0 Å². The number of nitrogens with two attached hydrogens (primary N) is 1. The molecule has 0 radical (unpaired) electrons. The highest BCUT2D eigenvalue weighted by atomic mass is 14.7. The maximum atomic E-state index is 5.85. The highest BCUT2D eigenvalue weighted by Crippen LogP contribution is 2.65. The third kappa shape index (κ3) is 1.03. The van der Waals surface area contributed by atoms with Crippen molar-refractivity contribution in [2.24, 2.45) is 41.2 Å². The van der Waals surface area contributed by atoms with Crippen LogP contribution in [0.5, 0.6) is 0 Å². The first-order valence-corrected chi connectivity index (χ1v) is 5.96. The predicted molar refractivity (Wildman–Crippen MR) is 56.3 cm³/mol. The Bertz CT molecular complexity index is 184. The van der Waals surface area contributed by atoms with E-state index in [2.05, 4.69) is 20.8 Å². The normalized spacial score (nSPS) is 53.5. The molecule has 6 atom stereocenters. The van der Waals surface area contributed by atoms with Crippen LogP contribution in [-0.2, 0) is 0 Å². The van der Waals surface area contributed by atoms with Crippen molar-refractivity contribution in [1.82, 2.24) is 0 Å². The molecule has 0 aliphatic heterocycles. The average molecular weight is 181 g/mol. The van der Waals surface area contributed by atoms with Gasteiger partial charge in [-0.15, -0.1) is 0 Å². The molecule has 2 N–H and O–H groups in total. The van der Waals surface area contributed by atoms with Gasteiger partial charge >= 0.3 is 0 Å². The van der Waals surface area contributed by atoms with Crippen LogP contribution >= 0.6 is 0 Å². The lowest BCUT2D eigenvalue weighted by molar-refractivity contribution is -0.197. The van der Waals surface area contributed by atoms with Crippen LogP contribution in [0.15, 0.2) is 0 Å². The van der Waals surface area contributed by atoms with Crippen molar-refractivity contribution >= 4 is 0 Å². The molecule has 0 aromatic heterocycles. The fourth-order valence-electron chi connectivity index (χ4n) is 4.38. The molecule has 0 spiro atoms. The molecule has 1 heteroatoms. The molecule has 1 nitrogen and oxygen atoms in total. The summed E-state index contributed by atoms with van der Waals surface area (Å²) in [4.78, 5) is 0. The van der Waals surface area contributed by atoms with Gasteiger partial charge in [-0.05, 0) is 42.1 Å². The lowest BCUT2D eigenvalue weighted by atomic mass is 9.37. The summed E-state index contributed by atoms with van der Waals surface area (Å²) in [5.74, 6) is 5.88. The Hall–Kier alpha value is -0.0400. The van der Waals surface area contributed by atoms with E-state index in [0.29, 0.717) is 0 Å². The molecule has 0 amide bonds. The van der Waals surface area contributed by atoms with Gasteiger partial charge in [-0.3, -0.25) is 0 Å². The Kier molecular flexibility index (Phi) is 2.39. The van der Waals surface area contributed by atoms with E-state index in [9.17, 15) is 0 Å².